The Morgan fingerprint density at radius 2 is 1.58 bits per heavy atom. The summed E-state index contributed by atoms with van der Waals surface area (Å²) in [6.07, 6.45) is 8.18. The van der Waals surface area contributed by atoms with Gasteiger partial charge in [-0.15, -0.1) is 0 Å². The number of unbranched alkanes of at least 4 members (excludes halogenated alkanes) is 1. The van der Waals surface area contributed by atoms with Crippen molar-refractivity contribution in [2.24, 2.45) is 11.3 Å². The molecular formula is C24H40N2. The number of hydrogen-bond donors (Lipinski definition) is 0. The summed E-state index contributed by atoms with van der Waals surface area (Å²) in [7, 11) is 0. The minimum atomic E-state index is 0.472. The summed E-state index contributed by atoms with van der Waals surface area (Å²) < 4.78 is 0. The van der Waals surface area contributed by atoms with Gasteiger partial charge in [0.25, 0.3) is 0 Å². The molecule has 2 heteroatoms. The van der Waals surface area contributed by atoms with Gasteiger partial charge < -0.3 is 4.90 Å². The maximum atomic E-state index is 2.66. The Hall–Kier alpha value is -1.02. The highest BCUT2D eigenvalue weighted by molar-refractivity contribution is 5.55. The van der Waals surface area contributed by atoms with Crippen LogP contribution in [0, 0.1) is 11.3 Å². The SMILES string of the molecule is CCCCN1CCN(c2ccccc2C2CCC(C(C)(C)C)CC2)CC1. The zero-order chi connectivity index (χ0) is 18.6. The second-order valence-corrected chi connectivity index (χ2v) is 9.66. The Morgan fingerprint density at radius 1 is 0.923 bits per heavy atom. The van der Waals surface area contributed by atoms with Crippen LogP contribution in [0.4, 0.5) is 5.69 Å². The first-order valence-corrected chi connectivity index (χ1v) is 11.0. The summed E-state index contributed by atoms with van der Waals surface area (Å²) >= 11 is 0. The molecule has 1 saturated carbocycles. The van der Waals surface area contributed by atoms with Gasteiger partial charge in [0.15, 0.2) is 0 Å². The molecule has 1 saturated heterocycles. The van der Waals surface area contributed by atoms with E-state index in [9.17, 15) is 0 Å². The summed E-state index contributed by atoms with van der Waals surface area (Å²) in [5.74, 6) is 1.66. The van der Waals surface area contributed by atoms with Gasteiger partial charge in [-0.25, -0.2) is 0 Å². The minimum Gasteiger partial charge on any atom is -0.369 e. The molecule has 2 nitrogen and oxygen atoms in total. The Bertz CT molecular complexity index is 544. The van der Waals surface area contributed by atoms with Crippen LogP contribution < -0.4 is 4.90 Å². The van der Waals surface area contributed by atoms with E-state index in [4.69, 9.17) is 0 Å². The van der Waals surface area contributed by atoms with Crippen LogP contribution in [0.15, 0.2) is 24.3 Å². The van der Waals surface area contributed by atoms with Gasteiger partial charge in [0.1, 0.15) is 0 Å². The lowest BCUT2D eigenvalue weighted by molar-refractivity contribution is 0.169. The van der Waals surface area contributed by atoms with Crippen LogP contribution in [0.25, 0.3) is 0 Å². The fourth-order valence-corrected chi connectivity index (χ4v) is 4.99. The van der Waals surface area contributed by atoms with E-state index in [1.54, 1.807) is 5.56 Å². The standard InChI is InChI=1S/C24H40N2/c1-5-6-15-25-16-18-26(19-17-25)23-10-8-7-9-22(23)20-11-13-21(14-12-20)24(2,3)4/h7-10,20-21H,5-6,11-19H2,1-4H3. The molecule has 0 amide bonds. The van der Waals surface area contributed by atoms with Crippen LogP contribution in [0.3, 0.4) is 0 Å². The van der Waals surface area contributed by atoms with Crippen LogP contribution in [0.1, 0.15) is 77.7 Å². The highest BCUT2D eigenvalue weighted by atomic mass is 15.3. The minimum absolute atomic E-state index is 0.472. The first kappa shape index (κ1) is 19.7. The molecule has 1 aliphatic carbocycles. The molecule has 1 aliphatic heterocycles. The molecule has 0 bridgehead atoms. The Balaban J connectivity index is 1.63. The van der Waals surface area contributed by atoms with Crippen molar-refractivity contribution in [1.82, 2.24) is 4.90 Å². The van der Waals surface area contributed by atoms with E-state index in [0.29, 0.717) is 5.41 Å². The molecule has 1 heterocycles. The van der Waals surface area contributed by atoms with Crippen LogP contribution in [0.5, 0.6) is 0 Å². The van der Waals surface area contributed by atoms with Crippen LogP contribution >= 0.6 is 0 Å². The van der Waals surface area contributed by atoms with Gasteiger partial charge in [0.2, 0.25) is 0 Å². The number of anilines is 1. The van der Waals surface area contributed by atoms with Crippen molar-refractivity contribution in [3.8, 4) is 0 Å². The fourth-order valence-electron chi connectivity index (χ4n) is 4.99. The van der Waals surface area contributed by atoms with Crippen molar-refractivity contribution in [1.29, 1.82) is 0 Å². The normalized spacial score (nSPS) is 25.5. The van der Waals surface area contributed by atoms with Gasteiger partial charge in [-0.2, -0.15) is 0 Å². The third kappa shape index (κ3) is 4.82. The van der Waals surface area contributed by atoms with Gasteiger partial charge in [-0.3, -0.25) is 4.90 Å². The molecule has 0 aromatic heterocycles. The molecule has 1 aromatic rings. The molecule has 2 aliphatic rings. The topological polar surface area (TPSA) is 6.48 Å². The maximum Gasteiger partial charge on any atom is 0.0402 e. The van der Waals surface area contributed by atoms with Gasteiger partial charge in [-0.1, -0.05) is 52.3 Å². The molecular weight excluding hydrogens is 316 g/mol. The number of nitrogens with zero attached hydrogens (tertiary/aromatic N) is 2. The number of hydrogen-bond acceptors (Lipinski definition) is 2. The van der Waals surface area contributed by atoms with E-state index in [0.717, 1.165) is 11.8 Å². The van der Waals surface area contributed by atoms with E-state index >= 15 is 0 Å². The van der Waals surface area contributed by atoms with E-state index in [1.165, 1.54) is 76.9 Å². The van der Waals surface area contributed by atoms with Crippen LogP contribution in [-0.2, 0) is 0 Å². The number of benzene rings is 1. The second-order valence-electron chi connectivity index (χ2n) is 9.66. The van der Waals surface area contributed by atoms with Gasteiger partial charge in [0, 0.05) is 31.9 Å². The molecule has 3 rings (SSSR count). The zero-order valence-corrected chi connectivity index (χ0v) is 17.6. The molecule has 0 unspecified atom stereocenters. The van der Waals surface area contributed by atoms with Crippen molar-refractivity contribution in [3.05, 3.63) is 29.8 Å². The number of rotatable bonds is 5. The van der Waals surface area contributed by atoms with Crippen molar-refractivity contribution in [2.45, 2.75) is 72.1 Å². The third-order valence-corrected chi connectivity index (χ3v) is 6.87. The first-order valence-electron chi connectivity index (χ1n) is 11.0. The highest BCUT2D eigenvalue weighted by Crippen LogP contribution is 2.45. The number of piperazine rings is 1. The van der Waals surface area contributed by atoms with E-state index in [1.807, 2.05) is 0 Å². The van der Waals surface area contributed by atoms with Crippen LogP contribution in [0.2, 0.25) is 0 Å². The Kier molecular flexibility index (Phi) is 6.66. The van der Waals surface area contributed by atoms with Crippen molar-refractivity contribution < 1.29 is 0 Å². The molecule has 26 heavy (non-hydrogen) atoms. The molecule has 0 radical (unpaired) electrons. The Labute approximate surface area is 162 Å². The van der Waals surface area contributed by atoms with Crippen molar-refractivity contribution in [2.75, 3.05) is 37.6 Å². The maximum absolute atomic E-state index is 2.66. The molecule has 1 aromatic carbocycles. The summed E-state index contributed by atoms with van der Waals surface area (Å²) in [6.45, 7) is 15.7. The quantitative estimate of drug-likeness (QED) is 0.645. The number of para-hydroxylation sites is 1. The van der Waals surface area contributed by atoms with E-state index in [-0.39, 0.29) is 0 Å². The first-order chi connectivity index (χ1) is 12.5. The molecule has 0 N–H and O–H groups in total. The molecule has 146 valence electrons. The smallest absolute Gasteiger partial charge is 0.0402 e. The monoisotopic (exact) mass is 356 g/mol. The van der Waals surface area contributed by atoms with Gasteiger partial charge >= 0.3 is 0 Å². The molecule has 2 fully saturated rings. The average Bonchev–Trinajstić information content (AvgIpc) is 2.66. The lowest BCUT2D eigenvalue weighted by Gasteiger charge is -2.40. The summed E-state index contributed by atoms with van der Waals surface area (Å²) in [4.78, 5) is 5.31. The largest absolute Gasteiger partial charge is 0.369 e. The van der Waals surface area contributed by atoms with Crippen LogP contribution in [-0.4, -0.2) is 37.6 Å². The third-order valence-electron chi connectivity index (χ3n) is 6.87. The highest BCUT2D eigenvalue weighted by Gasteiger charge is 2.31. The second kappa shape index (κ2) is 8.78. The lowest BCUT2D eigenvalue weighted by Crippen LogP contribution is -2.47. The lowest BCUT2D eigenvalue weighted by atomic mass is 9.68. The predicted octanol–water partition coefficient (Wildman–Crippen LogP) is 5.93. The molecule has 0 spiro atoms. The van der Waals surface area contributed by atoms with Gasteiger partial charge in [0.05, 0.1) is 0 Å². The molecule has 0 atom stereocenters. The zero-order valence-electron chi connectivity index (χ0n) is 17.6. The van der Waals surface area contributed by atoms with Crippen molar-refractivity contribution >= 4 is 5.69 Å². The van der Waals surface area contributed by atoms with E-state index < -0.39 is 0 Å². The summed E-state index contributed by atoms with van der Waals surface area (Å²) in [5.41, 5.74) is 3.63. The average molecular weight is 357 g/mol. The summed E-state index contributed by atoms with van der Waals surface area (Å²) in [6, 6.07) is 9.29. The van der Waals surface area contributed by atoms with Gasteiger partial charge in [-0.05, 0) is 67.5 Å². The summed E-state index contributed by atoms with van der Waals surface area (Å²) in [5, 5.41) is 0. The Morgan fingerprint density at radius 3 is 2.19 bits per heavy atom. The van der Waals surface area contributed by atoms with E-state index in [2.05, 4.69) is 61.8 Å². The fraction of sp³-hybridized carbons (Fsp3) is 0.750. The van der Waals surface area contributed by atoms with Crippen molar-refractivity contribution in [3.63, 3.8) is 0 Å². The predicted molar refractivity (Wildman–Crippen MR) is 114 cm³/mol.